The van der Waals surface area contributed by atoms with Crippen molar-refractivity contribution in [1.29, 1.82) is 0 Å². The zero-order valence-corrected chi connectivity index (χ0v) is 13.1. The highest BCUT2D eigenvalue weighted by molar-refractivity contribution is 5.79. The minimum absolute atomic E-state index is 0.102. The molecule has 0 aliphatic heterocycles. The Bertz CT molecular complexity index is 910. The van der Waals surface area contributed by atoms with Crippen LogP contribution in [0.1, 0.15) is 0 Å². The Labute approximate surface area is 143 Å². The third-order valence-corrected chi connectivity index (χ3v) is 3.53. The minimum atomic E-state index is -1.04. The van der Waals surface area contributed by atoms with Gasteiger partial charge in [-0.3, -0.25) is 0 Å². The maximum atomic E-state index is 10.5. The van der Waals surface area contributed by atoms with Crippen LogP contribution in [0.2, 0.25) is 0 Å². The van der Waals surface area contributed by atoms with E-state index in [4.69, 9.17) is 15.6 Å². The van der Waals surface area contributed by atoms with Crippen LogP contribution < -0.4 is 10.5 Å². The van der Waals surface area contributed by atoms with Crippen LogP contribution in [0.5, 0.6) is 11.5 Å². The first kappa shape index (κ1) is 16.3. The van der Waals surface area contributed by atoms with Gasteiger partial charge in [0.05, 0.1) is 5.69 Å². The van der Waals surface area contributed by atoms with Crippen molar-refractivity contribution in [3.63, 3.8) is 0 Å². The maximum Gasteiger partial charge on any atom is 0.341 e. The van der Waals surface area contributed by atoms with Crippen LogP contribution in [0.15, 0.2) is 54.6 Å². The molecule has 3 aromatic rings. The fourth-order valence-corrected chi connectivity index (χ4v) is 2.33. The number of phenols is 1. The molecule has 0 atom stereocenters. The third kappa shape index (κ3) is 3.66. The van der Waals surface area contributed by atoms with Crippen molar-refractivity contribution >= 4 is 11.8 Å². The zero-order chi connectivity index (χ0) is 17.8. The molecule has 7 heteroatoms. The van der Waals surface area contributed by atoms with Gasteiger partial charge >= 0.3 is 5.97 Å². The van der Waals surface area contributed by atoms with E-state index >= 15 is 0 Å². The summed E-state index contributed by atoms with van der Waals surface area (Å²) < 4.78 is 5.11. The number of ether oxygens (including phenoxy) is 1. The molecule has 4 N–H and O–H groups in total. The predicted molar refractivity (Wildman–Crippen MR) is 92.1 cm³/mol. The summed E-state index contributed by atoms with van der Waals surface area (Å²) in [6.07, 6.45) is 0. The molecule has 0 amide bonds. The lowest BCUT2D eigenvalue weighted by Crippen LogP contribution is -2.09. The summed E-state index contributed by atoms with van der Waals surface area (Å²) in [5.41, 5.74) is 8.40. The van der Waals surface area contributed by atoms with Crippen LogP contribution in [0.3, 0.4) is 0 Å². The summed E-state index contributed by atoms with van der Waals surface area (Å²) in [7, 11) is 0. The highest BCUT2D eigenvalue weighted by atomic mass is 16.5. The van der Waals surface area contributed by atoms with Gasteiger partial charge in [0.15, 0.2) is 12.4 Å². The molecule has 0 saturated heterocycles. The lowest BCUT2D eigenvalue weighted by Gasteiger charge is -2.09. The fraction of sp³-hybridized carbons (Fsp3) is 0.0556. The number of carboxylic acid groups (broad SMARTS) is 1. The first-order valence-electron chi connectivity index (χ1n) is 7.41. The number of anilines is 1. The van der Waals surface area contributed by atoms with Gasteiger partial charge in [0.25, 0.3) is 0 Å². The van der Waals surface area contributed by atoms with Crippen molar-refractivity contribution in [2.45, 2.75) is 0 Å². The van der Waals surface area contributed by atoms with Crippen LogP contribution in [0.4, 0.5) is 5.82 Å². The van der Waals surface area contributed by atoms with Gasteiger partial charge in [0, 0.05) is 11.1 Å². The van der Waals surface area contributed by atoms with E-state index in [1.54, 1.807) is 54.6 Å². The summed E-state index contributed by atoms with van der Waals surface area (Å²) in [5.74, 6) is -0.255. The topological polar surface area (TPSA) is 119 Å². The molecule has 0 fully saturated rings. The molecule has 0 spiro atoms. The highest BCUT2D eigenvalue weighted by Crippen LogP contribution is 2.32. The fourth-order valence-electron chi connectivity index (χ4n) is 2.33. The quantitative estimate of drug-likeness (QED) is 0.654. The molecule has 25 heavy (non-hydrogen) atoms. The first-order valence-corrected chi connectivity index (χ1v) is 7.41. The summed E-state index contributed by atoms with van der Waals surface area (Å²) in [5, 5.41) is 26.6. The van der Waals surface area contributed by atoms with E-state index in [9.17, 15) is 9.90 Å². The van der Waals surface area contributed by atoms with Crippen molar-refractivity contribution in [2.24, 2.45) is 0 Å². The Morgan fingerprint density at radius 2 is 1.76 bits per heavy atom. The zero-order valence-electron chi connectivity index (χ0n) is 13.1. The number of benzene rings is 2. The van der Waals surface area contributed by atoms with Gasteiger partial charge in [-0.1, -0.05) is 24.3 Å². The van der Waals surface area contributed by atoms with Crippen molar-refractivity contribution in [3.05, 3.63) is 54.6 Å². The van der Waals surface area contributed by atoms with Crippen LogP contribution in [-0.4, -0.2) is 33.0 Å². The molecule has 0 saturated carbocycles. The van der Waals surface area contributed by atoms with Crippen LogP contribution >= 0.6 is 0 Å². The van der Waals surface area contributed by atoms with Crippen LogP contribution in [-0.2, 0) is 4.79 Å². The lowest BCUT2D eigenvalue weighted by molar-refractivity contribution is -0.139. The van der Waals surface area contributed by atoms with Gasteiger partial charge in [0.2, 0.25) is 0 Å². The van der Waals surface area contributed by atoms with Gasteiger partial charge in [0.1, 0.15) is 11.5 Å². The standard InChI is InChI=1S/C18H15N3O4/c19-18-14(11-5-7-12(8-6-11)25-10-17(23)24)9-15(20-21-18)13-3-1-2-4-16(13)22/h1-9,22H,10H2,(H2,19,21)(H,23,24). The van der Waals surface area contributed by atoms with Gasteiger partial charge in [-0.25, -0.2) is 4.79 Å². The van der Waals surface area contributed by atoms with Crippen molar-refractivity contribution in [2.75, 3.05) is 12.3 Å². The largest absolute Gasteiger partial charge is 0.507 e. The van der Waals surface area contributed by atoms with Crippen LogP contribution in [0, 0.1) is 0 Å². The van der Waals surface area contributed by atoms with E-state index in [-0.39, 0.29) is 11.6 Å². The van der Waals surface area contributed by atoms with E-state index in [2.05, 4.69) is 10.2 Å². The molecule has 0 radical (unpaired) electrons. The number of hydrogen-bond acceptors (Lipinski definition) is 6. The normalized spacial score (nSPS) is 10.4. The molecule has 3 rings (SSSR count). The number of rotatable bonds is 5. The van der Waals surface area contributed by atoms with Crippen molar-refractivity contribution < 1.29 is 19.7 Å². The minimum Gasteiger partial charge on any atom is -0.507 e. The molecular weight excluding hydrogens is 322 g/mol. The number of phenolic OH excluding ortho intramolecular Hbond substituents is 1. The highest BCUT2D eigenvalue weighted by Gasteiger charge is 2.11. The SMILES string of the molecule is Nc1nnc(-c2ccccc2O)cc1-c1ccc(OCC(=O)O)cc1. The second-order valence-corrected chi connectivity index (χ2v) is 5.25. The van der Waals surface area contributed by atoms with Gasteiger partial charge in [-0.15, -0.1) is 10.2 Å². The van der Waals surface area contributed by atoms with Gasteiger partial charge in [-0.2, -0.15) is 0 Å². The monoisotopic (exact) mass is 337 g/mol. The summed E-state index contributed by atoms with van der Waals surface area (Å²) >= 11 is 0. The average Bonchev–Trinajstić information content (AvgIpc) is 2.61. The number of aromatic nitrogens is 2. The molecule has 1 aromatic heterocycles. The molecule has 0 bridgehead atoms. The molecule has 0 aliphatic rings. The molecule has 126 valence electrons. The summed E-state index contributed by atoms with van der Waals surface area (Å²) in [6, 6.07) is 15.4. The molecule has 7 nitrogen and oxygen atoms in total. The smallest absolute Gasteiger partial charge is 0.341 e. The number of carbonyl (C=O) groups is 1. The average molecular weight is 337 g/mol. The number of nitrogens with zero attached hydrogens (tertiary/aromatic N) is 2. The van der Waals surface area contributed by atoms with Crippen molar-refractivity contribution in [1.82, 2.24) is 10.2 Å². The van der Waals surface area contributed by atoms with Crippen LogP contribution in [0.25, 0.3) is 22.4 Å². The molecule has 0 unspecified atom stereocenters. The lowest BCUT2D eigenvalue weighted by atomic mass is 10.0. The molecule has 1 heterocycles. The van der Waals surface area contributed by atoms with E-state index < -0.39 is 12.6 Å². The Morgan fingerprint density at radius 3 is 2.44 bits per heavy atom. The van der Waals surface area contributed by atoms with E-state index in [0.717, 1.165) is 5.56 Å². The Balaban J connectivity index is 1.93. The third-order valence-electron chi connectivity index (χ3n) is 3.53. The van der Waals surface area contributed by atoms with Gasteiger partial charge < -0.3 is 20.7 Å². The van der Waals surface area contributed by atoms with E-state index in [0.29, 0.717) is 22.6 Å². The van der Waals surface area contributed by atoms with E-state index in [1.807, 2.05) is 0 Å². The molecular formula is C18H15N3O4. The number of nitrogen functional groups attached to an aromatic ring is 1. The molecule has 0 aliphatic carbocycles. The summed E-state index contributed by atoms with van der Waals surface area (Å²) in [6.45, 7) is -0.407. The number of carboxylic acids is 1. The Morgan fingerprint density at radius 1 is 1.04 bits per heavy atom. The first-order chi connectivity index (χ1) is 12.0. The van der Waals surface area contributed by atoms with Crippen molar-refractivity contribution in [3.8, 4) is 33.9 Å². The number of aliphatic carboxylic acids is 1. The number of hydrogen-bond donors (Lipinski definition) is 3. The summed E-state index contributed by atoms with van der Waals surface area (Å²) in [4.78, 5) is 10.5. The number of aromatic hydroxyl groups is 1. The number of nitrogens with two attached hydrogens (primary N) is 1. The Kier molecular flexibility index (Phi) is 4.47. The predicted octanol–water partition coefficient (Wildman–Crippen LogP) is 2.56. The number of para-hydroxylation sites is 1. The van der Waals surface area contributed by atoms with Gasteiger partial charge in [-0.05, 0) is 35.9 Å². The molecule has 2 aromatic carbocycles. The van der Waals surface area contributed by atoms with E-state index in [1.165, 1.54) is 0 Å². The second-order valence-electron chi connectivity index (χ2n) is 5.25. The maximum absolute atomic E-state index is 10.5. The second kappa shape index (κ2) is 6.88. The Hall–Kier alpha value is -3.61.